The number of aromatic nitrogens is 2. The van der Waals surface area contributed by atoms with E-state index in [1.807, 2.05) is 13.0 Å². The molecule has 0 saturated carbocycles. The first-order chi connectivity index (χ1) is 10.3. The van der Waals surface area contributed by atoms with Gasteiger partial charge in [-0.15, -0.1) is 0 Å². The van der Waals surface area contributed by atoms with Crippen LogP contribution in [0.3, 0.4) is 0 Å². The highest BCUT2D eigenvalue weighted by atomic mass is 16.5. The molecule has 2 unspecified atom stereocenters. The van der Waals surface area contributed by atoms with E-state index in [4.69, 9.17) is 10.5 Å². The number of nitrogens with one attached hydrogen (secondary N) is 1. The first-order valence-electron chi connectivity index (χ1n) is 7.98. The van der Waals surface area contributed by atoms with Crippen LogP contribution in [0, 0.1) is 0 Å². The van der Waals surface area contributed by atoms with E-state index in [1.54, 1.807) is 0 Å². The van der Waals surface area contributed by atoms with Gasteiger partial charge in [0, 0.05) is 31.3 Å². The Kier molecular flexibility index (Phi) is 4.55. The van der Waals surface area contributed by atoms with Crippen LogP contribution in [0.15, 0.2) is 6.07 Å². The van der Waals surface area contributed by atoms with Crippen LogP contribution in [0.2, 0.25) is 0 Å². The van der Waals surface area contributed by atoms with Gasteiger partial charge in [0.05, 0.1) is 0 Å². The van der Waals surface area contributed by atoms with Crippen LogP contribution < -0.4 is 11.1 Å². The fourth-order valence-electron chi connectivity index (χ4n) is 3.46. The van der Waals surface area contributed by atoms with Gasteiger partial charge in [0.15, 0.2) is 5.82 Å². The molecule has 0 radical (unpaired) electrons. The topological polar surface area (TPSA) is 76.3 Å². The van der Waals surface area contributed by atoms with Crippen molar-refractivity contribution in [3.8, 4) is 0 Å². The molecule has 2 aliphatic heterocycles. The Labute approximate surface area is 126 Å². The molecule has 2 fully saturated rings. The number of hydrogen-bond donors (Lipinski definition) is 2. The molecule has 6 nitrogen and oxygen atoms in total. The molecule has 0 amide bonds. The van der Waals surface area contributed by atoms with Gasteiger partial charge in [-0.25, -0.2) is 9.97 Å². The summed E-state index contributed by atoms with van der Waals surface area (Å²) in [4.78, 5) is 11.3. The van der Waals surface area contributed by atoms with Gasteiger partial charge in [-0.2, -0.15) is 0 Å². The smallest absolute Gasteiger partial charge is 0.158 e. The maximum absolute atomic E-state index is 5.88. The van der Waals surface area contributed by atoms with Crippen molar-refractivity contribution in [3.63, 3.8) is 0 Å². The Morgan fingerprint density at radius 2 is 2.24 bits per heavy atom. The van der Waals surface area contributed by atoms with Crippen molar-refractivity contribution in [2.45, 2.75) is 51.3 Å². The molecule has 2 saturated heterocycles. The van der Waals surface area contributed by atoms with Gasteiger partial charge in [-0.05, 0) is 32.7 Å². The summed E-state index contributed by atoms with van der Waals surface area (Å²) in [7, 11) is 0. The average Bonchev–Trinajstić information content (AvgIpc) is 2.88. The van der Waals surface area contributed by atoms with Gasteiger partial charge in [-0.3, -0.25) is 4.90 Å². The van der Waals surface area contributed by atoms with Gasteiger partial charge in [0.2, 0.25) is 0 Å². The summed E-state index contributed by atoms with van der Waals surface area (Å²) < 4.78 is 5.37. The van der Waals surface area contributed by atoms with E-state index in [-0.39, 0.29) is 0 Å². The summed E-state index contributed by atoms with van der Waals surface area (Å²) in [6.07, 6.45) is 5.13. The first kappa shape index (κ1) is 14.5. The van der Waals surface area contributed by atoms with Crippen LogP contribution in [0.4, 0.5) is 11.6 Å². The number of rotatable bonds is 5. The van der Waals surface area contributed by atoms with Gasteiger partial charge < -0.3 is 15.8 Å². The summed E-state index contributed by atoms with van der Waals surface area (Å²) >= 11 is 0. The lowest BCUT2D eigenvalue weighted by Crippen LogP contribution is -2.41. The first-order valence-corrected chi connectivity index (χ1v) is 7.98. The Hall–Kier alpha value is -1.40. The summed E-state index contributed by atoms with van der Waals surface area (Å²) in [5.41, 5.74) is 5.88. The number of anilines is 2. The SMILES string of the molecule is CCOCc1nc(N)cc(NC2CCN3CCCCC23)n1. The zero-order chi connectivity index (χ0) is 14.7. The number of piperidine rings is 1. The van der Waals surface area contributed by atoms with Crippen LogP contribution in [0.25, 0.3) is 0 Å². The Bertz CT molecular complexity index is 481. The quantitative estimate of drug-likeness (QED) is 0.859. The average molecular weight is 291 g/mol. The number of nitrogens with two attached hydrogens (primary N) is 1. The highest BCUT2D eigenvalue weighted by Crippen LogP contribution is 2.29. The van der Waals surface area contributed by atoms with Crippen molar-refractivity contribution in [2.24, 2.45) is 0 Å². The Morgan fingerprint density at radius 3 is 3.10 bits per heavy atom. The molecule has 2 aliphatic rings. The van der Waals surface area contributed by atoms with Crippen LogP contribution in [0.1, 0.15) is 38.4 Å². The Morgan fingerprint density at radius 1 is 1.33 bits per heavy atom. The predicted molar refractivity (Wildman–Crippen MR) is 83.0 cm³/mol. The molecule has 3 heterocycles. The summed E-state index contributed by atoms with van der Waals surface area (Å²) in [6, 6.07) is 2.94. The van der Waals surface area contributed by atoms with Crippen molar-refractivity contribution in [2.75, 3.05) is 30.7 Å². The second kappa shape index (κ2) is 6.58. The van der Waals surface area contributed by atoms with E-state index in [2.05, 4.69) is 20.2 Å². The lowest BCUT2D eigenvalue weighted by molar-refractivity contribution is 0.128. The lowest BCUT2D eigenvalue weighted by Gasteiger charge is -2.32. The molecular weight excluding hydrogens is 266 g/mol. The van der Waals surface area contributed by atoms with Crippen LogP contribution >= 0.6 is 0 Å². The molecule has 3 N–H and O–H groups in total. The van der Waals surface area contributed by atoms with E-state index in [1.165, 1.54) is 38.8 Å². The maximum Gasteiger partial charge on any atom is 0.158 e. The van der Waals surface area contributed by atoms with Gasteiger partial charge in [0.1, 0.15) is 18.2 Å². The summed E-state index contributed by atoms with van der Waals surface area (Å²) in [6.45, 7) is 5.46. The molecule has 2 atom stereocenters. The highest BCUT2D eigenvalue weighted by molar-refractivity contribution is 5.45. The van der Waals surface area contributed by atoms with Crippen LogP contribution in [-0.4, -0.2) is 46.6 Å². The molecule has 6 heteroatoms. The van der Waals surface area contributed by atoms with E-state index < -0.39 is 0 Å². The molecule has 0 bridgehead atoms. The van der Waals surface area contributed by atoms with Crippen molar-refractivity contribution in [3.05, 3.63) is 11.9 Å². The third kappa shape index (κ3) is 3.44. The molecule has 1 aromatic rings. The fourth-order valence-corrected chi connectivity index (χ4v) is 3.46. The molecule has 3 rings (SSSR count). The minimum atomic E-state index is 0.413. The molecule has 1 aromatic heterocycles. The van der Waals surface area contributed by atoms with Crippen LogP contribution in [0.5, 0.6) is 0 Å². The third-order valence-electron chi connectivity index (χ3n) is 4.42. The zero-order valence-electron chi connectivity index (χ0n) is 12.7. The van der Waals surface area contributed by atoms with Crippen LogP contribution in [-0.2, 0) is 11.3 Å². The van der Waals surface area contributed by atoms with E-state index in [0.717, 1.165) is 5.82 Å². The second-order valence-corrected chi connectivity index (χ2v) is 5.87. The molecule has 0 spiro atoms. The molecule has 0 aromatic carbocycles. The van der Waals surface area contributed by atoms with E-state index in [9.17, 15) is 0 Å². The fraction of sp³-hybridized carbons (Fsp3) is 0.733. The van der Waals surface area contributed by atoms with Gasteiger partial charge >= 0.3 is 0 Å². The van der Waals surface area contributed by atoms with E-state index >= 15 is 0 Å². The standard InChI is InChI=1S/C15H25N5O/c1-2-21-10-15-18-13(16)9-14(19-15)17-11-6-8-20-7-4-3-5-12(11)20/h9,11-12H,2-8,10H2,1H3,(H3,16,17,18,19). The van der Waals surface area contributed by atoms with Crippen molar-refractivity contribution >= 4 is 11.6 Å². The normalized spacial score (nSPS) is 25.8. The zero-order valence-corrected chi connectivity index (χ0v) is 12.7. The minimum absolute atomic E-state index is 0.413. The molecular formula is C15H25N5O. The molecule has 21 heavy (non-hydrogen) atoms. The largest absolute Gasteiger partial charge is 0.384 e. The number of fused-ring (bicyclic) bond motifs is 1. The number of hydrogen-bond acceptors (Lipinski definition) is 6. The second-order valence-electron chi connectivity index (χ2n) is 5.87. The number of ether oxygens (including phenoxy) is 1. The summed E-state index contributed by atoms with van der Waals surface area (Å²) in [5, 5.41) is 3.57. The third-order valence-corrected chi connectivity index (χ3v) is 4.42. The Balaban J connectivity index is 1.68. The van der Waals surface area contributed by atoms with Crippen molar-refractivity contribution < 1.29 is 4.74 Å². The highest BCUT2D eigenvalue weighted by Gasteiger charge is 2.35. The number of nitrogens with zero attached hydrogens (tertiary/aromatic N) is 3. The molecule has 0 aliphatic carbocycles. The lowest BCUT2D eigenvalue weighted by atomic mass is 9.99. The van der Waals surface area contributed by atoms with Crippen molar-refractivity contribution in [1.29, 1.82) is 0 Å². The monoisotopic (exact) mass is 291 g/mol. The number of nitrogen functional groups attached to an aromatic ring is 1. The van der Waals surface area contributed by atoms with Gasteiger partial charge in [-0.1, -0.05) is 6.42 Å². The predicted octanol–water partition coefficient (Wildman–Crippen LogP) is 1.63. The maximum atomic E-state index is 5.88. The molecule has 116 valence electrons. The minimum Gasteiger partial charge on any atom is -0.384 e. The van der Waals surface area contributed by atoms with E-state index in [0.29, 0.717) is 36.9 Å². The van der Waals surface area contributed by atoms with Crippen molar-refractivity contribution in [1.82, 2.24) is 14.9 Å². The van der Waals surface area contributed by atoms with Gasteiger partial charge in [0.25, 0.3) is 0 Å². The summed E-state index contributed by atoms with van der Waals surface area (Å²) in [5.74, 6) is 1.98.